The van der Waals surface area contributed by atoms with E-state index >= 15 is 0 Å². The zero-order valence-electron chi connectivity index (χ0n) is 16.1. The van der Waals surface area contributed by atoms with Gasteiger partial charge < -0.3 is 9.15 Å². The standard InChI is InChI=1S/C19H14N4O6S2/c1-28-17(25)12-5-3-11(4-6-12)15-8-7-14(29-15)9-13(10-20)16(24)21-18-22-23-19(30-18)31(2,26)27/h3-9H,1-2H3,(H,21,22,24)/b13-9-. The Morgan fingerprint density at radius 2 is 1.90 bits per heavy atom. The van der Waals surface area contributed by atoms with Crippen molar-refractivity contribution in [1.29, 1.82) is 5.26 Å². The van der Waals surface area contributed by atoms with Crippen molar-refractivity contribution in [3.05, 3.63) is 53.3 Å². The van der Waals surface area contributed by atoms with Crippen LogP contribution < -0.4 is 5.32 Å². The summed E-state index contributed by atoms with van der Waals surface area (Å²) >= 11 is 0.673. The second-order valence-corrected chi connectivity index (χ2v) is 9.21. The molecule has 0 fully saturated rings. The van der Waals surface area contributed by atoms with Crippen LogP contribution in [-0.2, 0) is 19.4 Å². The normalized spacial score (nSPS) is 11.6. The molecule has 1 amide bonds. The van der Waals surface area contributed by atoms with Gasteiger partial charge in [0.15, 0.2) is 0 Å². The number of hydrogen-bond donors (Lipinski definition) is 1. The Balaban J connectivity index is 1.76. The van der Waals surface area contributed by atoms with Crippen molar-refractivity contribution in [2.24, 2.45) is 0 Å². The summed E-state index contributed by atoms with van der Waals surface area (Å²) < 4.78 is 32.9. The van der Waals surface area contributed by atoms with E-state index in [0.717, 1.165) is 6.26 Å². The molecule has 0 radical (unpaired) electrons. The first-order valence-corrected chi connectivity index (χ1v) is 11.2. The van der Waals surface area contributed by atoms with Gasteiger partial charge >= 0.3 is 5.97 Å². The molecule has 0 aliphatic heterocycles. The van der Waals surface area contributed by atoms with Gasteiger partial charge in [-0.25, -0.2) is 13.2 Å². The van der Waals surface area contributed by atoms with Crippen molar-refractivity contribution in [3.8, 4) is 17.4 Å². The summed E-state index contributed by atoms with van der Waals surface area (Å²) in [4.78, 5) is 23.8. The Hall–Kier alpha value is -3.82. The molecule has 10 nitrogen and oxygen atoms in total. The van der Waals surface area contributed by atoms with Gasteiger partial charge in [0, 0.05) is 17.9 Å². The lowest BCUT2D eigenvalue weighted by molar-refractivity contribution is -0.112. The summed E-state index contributed by atoms with van der Waals surface area (Å²) in [6.45, 7) is 0. The van der Waals surface area contributed by atoms with Crippen LogP contribution in [0.3, 0.4) is 0 Å². The maximum absolute atomic E-state index is 12.3. The van der Waals surface area contributed by atoms with E-state index < -0.39 is 21.7 Å². The lowest BCUT2D eigenvalue weighted by Gasteiger charge is -2.01. The van der Waals surface area contributed by atoms with E-state index in [1.54, 1.807) is 42.5 Å². The number of sulfone groups is 1. The summed E-state index contributed by atoms with van der Waals surface area (Å²) in [5.41, 5.74) is 0.785. The molecule has 1 N–H and O–H groups in total. The van der Waals surface area contributed by atoms with E-state index in [1.807, 2.05) is 0 Å². The second-order valence-electron chi connectivity index (χ2n) is 6.04. The van der Waals surface area contributed by atoms with Crippen LogP contribution in [0.5, 0.6) is 0 Å². The van der Waals surface area contributed by atoms with Crippen LogP contribution in [0.1, 0.15) is 16.1 Å². The van der Waals surface area contributed by atoms with E-state index in [-0.39, 0.29) is 20.8 Å². The molecular formula is C19H14N4O6S2. The highest BCUT2D eigenvalue weighted by molar-refractivity contribution is 7.92. The van der Waals surface area contributed by atoms with Gasteiger partial charge in [0.2, 0.25) is 19.3 Å². The predicted octanol–water partition coefficient (Wildman–Crippen LogP) is 2.53. The van der Waals surface area contributed by atoms with Crippen LogP contribution in [0, 0.1) is 11.3 Å². The van der Waals surface area contributed by atoms with Gasteiger partial charge in [-0.05, 0) is 24.3 Å². The van der Waals surface area contributed by atoms with E-state index in [1.165, 1.54) is 13.2 Å². The van der Waals surface area contributed by atoms with Crippen molar-refractivity contribution in [2.75, 3.05) is 18.7 Å². The second kappa shape index (κ2) is 8.90. The fourth-order valence-electron chi connectivity index (χ4n) is 2.34. The third-order valence-electron chi connectivity index (χ3n) is 3.81. The molecule has 0 aliphatic rings. The molecule has 12 heteroatoms. The van der Waals surface area contributed by atoms with Gasteiger partial charge in [0.05, 0.1) is 12.7 Å². The van der Waals surface area contributed by atoms with Crippen molar-refractivity contribution in [1.82, 2.24) is 10.2 Å². The quantitative estimate of drug-likeness (QED) is 0.254. The number of benzene rings is 1. The Morgan fingerprint density at radius 3 is 2.48 bits per heavy atom. The monoisotopic (exact) mass is 458 g/mol. The molecule has 3 rings (SSSR count). The molecule has 0 atom stereocenters. The molecule has 0 aliphatic carbocycles. The van der Waals surface area contributed by atoms with Gasteiger partial charge in [0.25, 0.3) is 5.91 Å². The third kappa shape index (κ3) is 5.21. The molecule has 2 heterocycles. The molecule has 158 valence electrons. The molecule has 0 bridgehead atoms. The molecule has 2 aromatic heterocycles. The Morgan fingerprint density at radius 1 is 1.19 bits per heavy atom. The number of ether oxygens (including phenoxy) is 1. The predicted molar refractivity (Wildman–Crippen MR) is 111 cm³/mol. The highest BCUT2D eigenvalue weighted by atomic mass is 32.2. The smallest absolute Gasteiger partial charge is 0.337 e. The summed E-state index contributed by atoms with van der Waals surface area (Å²) in [6, 6.07) is 11.5. The maximum atomic E-state index is 12.3. The van der Waals surface area contributed by atoms with E-state index in [0.29, 0.717) is 28.2 Å². The highest BCUT2D eigenvalue weighted by Crippen LogP contribution is 2.25. The summed E-state index contributed by atoms with van der Waals surface area (Å²) in [5, 5.41) is 18.6. The average Bonchev–Trinajstić information content (AvgIpc) is 3.41. The lowest BCUT2D eigenvalue weighted by atomic mass is 10.1. The topological polar surface area (TPSA) is 152 Å². The van der Waals surface area contributed by atoms with Crippen LogP contribution in [0.15, 0.2) is 50.7 Å². The molecule has 0 unspecified atom stereocenters. The van der Waals surface area contributed by atoms with Crippen LogP contribution in [0.4, 0.5) is 5.13 Å². The van der Waals surface area contributed by atoms with Crippen LogP contribution >= 0.6 is 11.3 Å². The van der Waals surface area contributed by atoms with E-state index in [9.17, 15) is 23.3 Å². The van der Waals surface area contributed by atoms with Crippen LogP contribution in [0.25, 0.3) is 17.4 Å². The number of amides is 1. The van der Waals surface area contributed by atoms with Gasteiger partial charge in [-0.15, -0.1) is 10.2 Å². The van der Waals surface area contributed by atoms with Crippen molar-refractivity contribution in [3.63, 3.8) is 0 Å². The minimum atomic E-state index is -3.55. The number of hydrogen-bond acceptors (Lipinski definition) is 10. The minimum absolute atomic E-state index is 0.0580. The van der Waals surface area contributed by atoms with Gasteiger partial charge in [-0.3, -0.25) is 10.1 Å². The average molecular weight is 458 g/mol. The zero-order valence-corrected chi connectivity index (χ0v) is 17.8. The lowest BCUT2D eigenvalue weighted by Crippen LogP contribution is -2.13. The van der Waals surface area contributed by atoms with Gasteiger partial charge in [-0.2, -0.15) is 5.26 Å². The number of nitrogens with zero attached hydrogens (tertiary/aromatic N) is 3. The zero-order chi connectivity index (χ0) is 22.6. The first-order chi connectivity index (χ1) is 14.7. The van der Waals surface area contributed by atoms with Crippen molar-refractivity contribution >= 4 is 44.3 Å². The first kappa shape index (κ1) is 21.9. The molecule has 0 spiro atoms. The van der Waals surface area contributed by atoms with Crippen LogP contribution in [0.2, 0.25) is 0 Å². The largest absolute Gasteiger partial charge is 0.465 e. The Kier molecular flexibility index (Phi) is 6.28. The van der Waals surface area contributed by atoms with Crippen LogP contribution in [-0.4, -0.2) is 43.9 Å². The molecule has 31 heavy (non-hydrogen) atoms. The fraction of sp³-hybridized carbons (Fsp3) is 0.105. The minimum Gasteiger partial charge on any atom is -0.465 e. The van der Waals surface area contributed by atoms with Gasteiger partial charge in [0.1, 0.15) is 23.2 Å². The number of nitrogens with one attached hydrogen (secondary N) is 1. The fourth-order valence-corrected chi connectivity index (χ4v) is 3.84. The third-order valence-corrected chi connectivity index (χ3v) is 6.32. The molecule has 0 saturated carbocycles. The number of nitriles is 1. The summed E-state index contributed by atoms with van der Waals surface area (Å²) in [6.07, 6.45) is 2.21. The number of methoxy groups -OCH3 is 1. The van der Waals surface area contributed by atoms with E-state index in [2.05, 4.69) is 20.3 Å². The number of aromatic nitrogens is 2. The molecule has 1 aromatic carbocycles. The number of esters is 1. The molecule has 3 aromatic rings. The number of carbonyl (C=O) groups is 2. The SMILES string of the molecule is COC(=O)c1ccc(-c2ccc(/C=C(/C#N)C(=O)Nc3nnc(S(C)(=O)=O)s3)o2)cc1. The van der Waals surface area contributed by atoms with Crippen molar-refractivity contribution in [2.45, 2.75) is 4.34 Å². The van der Waals surface area contributed by atoms with Gasteiger partial charge in [-0.1, -0.05) is 23.5 Å². The first-order valence-electron chi connectivity index (χ1n) is 8.46. The maximum Gasteiger partial charge on any atom is 0.337 e. The highest BCUT2D eigenvalue weighted by Gasteiger charge is 2.18. The summed E-state index contributed by atoms with van der Waals surface area (Å²) in [5.74, 6) is -0.549. The Bertz CT molecular complexity index is 1310. The molecule has 0 saturated heterocycles. The van der Waals surface area contributed by atoms with Crippen molar-refractivity contribution < 1.29 is 27.2 Å². The number of carbonyl (C=O) groups excluding carboxylic acids is 2. The number of furan rings is 1. The summed E-state index contributed by atoms with van der Waals surface area (Å²) in [7, 11) is -2.26. The number of rotatable bonds is 6. The Labute approximate surface area is 180 Å². The van der Waals surface area contributed by atoms with E-state index in [4.69, 9.17) is 4.42 Å². The number of anilines is 1. The molecular weight excluding hydrogens is 444 g/mol.